The summed E-state index contributed by atoms with van der Waals surface area (Å²) in [7, 11) is -4.84. The van der Waals surface area contributed by atoms with Gasteiger partial charge in [0.2, 0.25) is 0 Å². The van der Waals surface area contributed by atoms with Gasteiger partial charge in [0.05, 0.1) is 31.6 Å². The Labute approximate surface area is 277 Å². The van der Waals surface area contributed by atoms with E-state index in [9.17, 15) is 9.59 Å². The van der Waals surface area contributed by atoms with Gasteiger partial charge in [0.1, 0.15) is 6.10 Å². The number of hydrogen-bond donors (Lipinski definition) is 0. The van der Waals surface area contributed by atoms with E-state index in [0.29, 0.717) is 12.3 Å². The Kier molecular flexibility index (Phi) is 10.9. The predicted octanol–water partition coefficient (Wildman–Crippen LogP) is 6.88. The molecule has 1 aliphatic heterocycles. The van der Waals surface area contributed by atoms with E-state index in [1.165, 1.54) is 10.4 Å². The first-order chi connectivity index (χ1) is 21.4. The van der Waals surface area contributed by atoms with Crippen molar-refractivity contribution in [1.82, 2.24) is 4.57 Å². The van der Waals surface area contributed by atoms with E-state index in [1.54, 1.807) is 10.6 Å². The van der Waals surface area contributed by atoms with Crippen molar-refractivity contribution < 1.29 is 27.9 Å². The number of rotatable bonds is 13. The van der Waals surface area contributed by atoms with Crippen LogP contribution >= 0.6 is 0 Å². The zero-order valence-corrected chi connectivity index (χ0v) is 31.4. The van der Waals surface area contributed by atoms with Crippen LogP contribution in [0, 0.1) is 0 Å². The number of carbonyl (C=O) groups is 2. The van der Waals surface area contributed by atoms with E-state index < -0.39 is 34.6 Å². The second kappa shape index (κ2) is 13.8. The van der Waals surface area contributed by atoms with Crippen molar-refractivity contribution in [3.05, 3.63) is 84.2 Å². The van der Waals surface area contributed by atoms with Crippen molar-refractivity contribution in [2.75, 3.05) is 6.61 Å². The lowest BCUT2D eigenvalue weighted by atomic mass is 10.1. The van der Waals surface area contributed by atoms with Gasteiger partial charge < -0.3 is 22.9 Å². The number of ether oxygens (including phenoxy) is 2. The highest BCUT2D eigenvalue weighted by Gasteiger charge is 2.52. The molecule has 0 unspecified atom stereocenters. The lowest BCUT2D eigenvalue weighted by Crippen LogP contribution is -2.67. The molecule has 7 nitrogen and oxygen atoms in total. The van der Waals surface area contributed by atoms with Gasteiger partial charge in [-0.05, 0) is 59.5 Å². The van der Waals surface area contributed by atoms with Crippen LogP contribution in [0.3, 0.4) is 0 Å². The van der Waals surface area contributed by atoms with Crippen molar-refractivity contribution >= 4 is 39.1 Å². The molecule has 9 heteroatoms. The van der Waals surface area contributed by atoms with Crippen LogP contribution in [0.15, 0.2) is 72.8 Å². The highest BCUT2D eigenvalue weighted by atomic mass is 28.4. The van der Waals surface area contributed by atoms with E-state index >= 15 is 0 Å². The highest BCUT2D eigenvalue weighted by molar-refractivity contribution is 6.99. The minimum Gasteiger partial charge on any atom is -0.411 e. The molecule has 0 amide bonds. The summed E-state index contributed by atoms with van der Waals surface area (Å²) in [6, 6.07) is 24.6. The van der Waals surface area contributed by atoms with Crippen LogP contribution in [0.2, 0.25) is 23.2 Å². The van der Waals surface area contributed by atoms with Crippen LogP contribution in [0.4, 0.5) is 0 Å². The lowest BCUT2D eigenvalue weighted by Gasteiger charge is -2.43. The van der Waals surface area contributed by atoms with E-state index in [0.717, 1.165) is 12.0 Å². The molecule has 46 heavy (non-hydrogen) atoms. The minimum absolute atomic E-state index is 0.0466. The molecule has 2 atom stereocenters. The maximum atomic E-state index is 13.7. The fourth-order valence-electron chi connectivity index (χ4n) is 6.08. The summed E-state index contributed by atoms with van der Waals surface area (Å²) < 4.78 is 28.1. The van der Waals surface area contributed by atoms with Gasteiger partial charge in [0.15, 0.2) is 26.2 Å². The summed E-state index contributed by atoms with van der Waals surface area (Å²) in [4.78, 5) is 25.6. The van der Waals surface area contributed by atoms with Gasteiger partial charge in [-0.3, -0.25) is 9.59 Å². The third kappa shape index (κ3) is 7.89. The zero-order chi connectivity index (χ0) is 34.0. The Morgan fingerprint density at radius 3 is 1.87 bits per heavy atom. The molecule has 0 aliphatic carbocycles. The fraction of sp³-hybridized carbons (Fsp3) is 0.514. The molecule has 0 spiro atoms. The van der Waals surface area contributed by atoms with Crippen LogP contribution in [0.5, 0.6) is 0 Å². The predicted molar refractivity (Wildman–Crippen MR) is 189 cm³/mol. The van der Waals surface area contributed by atoms with E-state index in [4.69, 9.17) is 18.3 Å². The summed E-state index contributed by atoms with van der Waals surface area (Å²) in [5.41, 5.74) is 1.27. The maximum absolute atomic E-state index is 13.7. The lowest BCUT2D eigenvalue weighted by molar-refractivity contribution is -0.150. The first-order valence-corrected chi connectivity index (χ1v) is 21.1. The molecule has 0 radical (unpaired) electrons. The zero-order valence-electron chi connectivity index (χ0n) is 29.4. The highest BCUT2D eigenvalue weighted by Crippen LogP contribution is 2.39. The summed E-state index contributed by atoms with van der Waals surface area (Å²) in [5.74, 6) is -0.914. The molecule has 3 aromatic rings. The van der Waals surface area contributed by atoms with Crippen LogP contribution in [-0.4, -0.2) is 57.9 Å². The number of aldehydes is 1. The number of aromatic nitrogens is 1. The number of carbonyl (C=O) groups excluding carboxylic acids is 2. The molecule has 1 aromatic heterocycles. The summed E-state index contributed by atoms with van der Waals surface area (Å²) in [5, 5.41) is 2.21. The van der Waals surface area contributed by atoms with E-state index in [-0.39, 0.29) is 35.4 Å². The number of nitrogens with zero attached hydrogens (tertiary/aromatic N) is 1. The number of hydrogen-bond acceptors (Lipinski definition) is 6. The Morgan fingerprint density at radius 2 is 1.37 bits per heavy atom. The molecule has 0 bridgehead atoms. The maximum Gasteiger partial charge on any atom is 0.261 e. The molecular formula is C37H53NO6Si2. The number of Topliss-reactive ketones (excluding diaryl/α,β-unsaturated/α-hetero) is 1. The Hall–Kier alpha value is -2.67. The molecule has 1 aliphatic rings. The molecule has 0 N–H and O–H groups in total. The van der Waals surface area contributed by atoms with Gasteiger partial charge in [-0.1, -0.05) is 102 Å². The average molecular weight is 664 g/mol. The molecular weight excluding hydrogens is 611 g/mol. The van der Waals surface area contributed by atoms with Crippen molar-refractivity contribution in [1.29, 1.82) is 0 Å². The van der Waals surface area contributed by atoms with Crippen LogP contribution in [-0.2, 0) is 36.3 Å². The topological polar surface area (TPSA) is 76.0 Å². The van der Waals surface area contributed by atoms with Gasteiger partial charge in [-0.2, -0.15) is 0 Å². The third-order valence-electron chi connectivity index (χ3n) is 9.54. The van der Waals surface area contributed by atoms with Gasteiger partial charge in [-0.15, -0.1) is 0 Å². The standard InChI is InChI=1S/C37H53NO6Si2/c1-35(2,3)45(9,10)41-26-29-22-21-28(25-39)38(29)24-30(40)23-33-34(44-37(7,8)43-33)27-42-46(36(4,5)6,31-17-13-11-14-18-31)32-19-15-12-16-20-32/h11-22,25,33-34H,23-24,26-27H2,1-10H3/t33-,34-/m0/s1. The minimum atomic E-state index is -2.82. The fourth-order valence-corrected chi connectivity index (χ4v) is 11.6. The molecule has 2 aromatic carbocycles. The van der Waals surface area contributed by atoms with Crippen LogP contribution < -0.4 is 10.4 Å². The van der Waals surface area contributed by atoms with Gasteiger partial charge in [0.25, 0.3) is 8.32 Å². The first kappa shape index (κ1) is 36.2. The molecule has 4 rings (SSSR count). The number of ketones is 1. The van der Waals surface area contributed by atoms with E-state index in [1.807, 2.05) is 32.0 Å². The van der Waals surface area contributed by atoms with Crippen molar-refractivity contribution in [2.24, 2.45) is 0 Å². The summed E-state index contributed by atoms with van der Waals surface area (Å²) >= 11 is 0. The van der Waals surface area contributed by atoms with Crippen molar-refractivity contribution in [2.45, 2.75) is 116 Å². The van der Waals surface area contributed by atoms with Crippen molar-refractivity contribution in [3.63, 3.8) is 0 Å². The first-order valence-electron chi connectivity index (χ1n) is 16.3. The van der Waals surface area contributed by atoms with Gasteiger partial charge in [-0.25, -0.2) is 0 Å². The van der Waals surface area contributed by atoms with Gasteiger partial charge in [0, 0.05) is 12.1 Å². The molecule has 250 valence electrons. The monoisotopic (exact) mass is 663 g/mol. The second-order valence-corrected chi connectivity index (χ2v) is 24.5. The number of benzene rings is 2. The molecule has 1 saturated heterocycles. The Morgan fingerprint density at radius 1 is 0.826 bits per heavy atom. The Bertz CT molecular complexity index is 1430. The second-order valence-electron chi connectivity index (χ2n) is 15.4. The largest absolute Gasteiger partial charge is 0.411 e. The molecule has 1 fully saturated rings. The van der Waals surface area contributed by atoms with Crippen LogP contribution in [0.25, 0.3) is 0 Å². The smallest absolute Gasteiger partial charge is 0.261 e. The normalized spacial score (nSPS) is 18.9. The third-order valence-corrected chi connectivity index (χ3v) is 19.0. The van der Waals surface area contributed by atoms with Gasteiger partial charge >= 0.3 is 0 Å². The molecule has 0 saturated carbocycles. The molecule has 2 heterocycles. The quantitative estimate of drug-likeness (QED) is 0.147. The van der Waals surface area contributed by atoms with Crippen molar-refractivity contribution in [3.8, 4) is 0 Å². The Balaban J connectivity index is 1.55. The SMILES string of the molecule is CC1(C)O[C@@H](CO[Si](c2ccccc2)(c2ccccc2)C(C)(C)C)[C@H](CC(=O)Cn2c(C=O)ccc2CO[Si](C)(C)C(C)(C)C)O1. The summed E-state index contributed by atoms with van der Waals surface area (Å²) in [6.07, 6.45) is -0.0147. The van der Waals surface area contributed by atoms with Crippen LogP contribution in [0.1, 0.15) is 78.0 Å². The average Bonchev–Trinajstić information content (AvgIpc) is 3.49. The van der Waals surface area contributed by atoms with E-state index in [2.05, 4.69) is 103 Å². The summed E-state index contributed by atoms with van der Waals surface area (Å²) in [6.45, 7) is 22.1.